The molecule has 0 atom stereocenters. The molecule has 0 radical (unpaired) electrons. The molecule has 1 fully saturated rings. The van der Waals surface area contributed by atoms with Crippen molar-refractivity contribution in [3.63, 3.8) is 0 Å². The van der Waals surface area contributed by atoms with E-state index in [0.29, 0.717) is 19.6 Å². The van der Waals surface area contributed by atoms with Gasteiger partial charge in [0.25, 0.3) is 0 Å². The number of hydrogen-bond donors (Lipinski definition) is 2. The second-order valence-corrected chi connectivity index (χ2v) is 5.79. The van der Waals surface area contributed by atoms with Gasteiger partial charge in [0.05, 0.1) is 13.7 Å². The molecule has 1 heterocycles. The summed E-state index contributed by atoms with van der Waals surface area (Å²) in [6.45, 7) is 6.28. The molecule has 0 spiro atoms. The number of carbonyl (C=O) groups is 2. The molecular weight excluding hydrogens is 308 g/mol. The van der Waals surface area contributed by atoms with Gasteiger partial charge >= 0.3 is 0 Å². The number of hydrogen-bond acceptors (Lipinski definition) is 5. The van der Waals surface area contributed by atoms with E-state index in [1.807, 2.05) is 12.1 Å². The van der Waals surface area contributed by atoms with Gasteiger partial charge in [-0.2, -0.15) is 0 Å². The van der Waals surface area contributed by atoms with E-state index in [4.69, 9.17) is 4.74 Å². The number of nitrogens with zero attached hydrogens (tertiary/aromatic N) is 2. The van der Waals surface area contributed by atoms with Gasteiger partial charge in [-0.3, -0.25) is 14.5 Å². The maximum Gasteiger partial charge on any atom is 0.234 e. The molecular formula is C17H26N4O3. The Morgan fingerprint density at radius 1 is 1.04 bits per heavy atom. The van der Waals surface area contributed by atoms with E-state index in [1.165, 1.54) is 12.6 Å². The zero-order valence-electron chi connectivity index (χ0n) is 14.4. The van der Waals surface area contributed by atoms with E-state index in [0.717, 1.165) is 31.9 Å². The average Bonchev–Trinajstić information content (AvgIpc) is 2.59. The van der Waals surface area contributed by atoms with E-state index in [-0.39, 0.29) is 11.8 Å². The summed E-state index contributed by atoms with van der Waals surface area (Å²) >= 11 is 0. The fourth-order valence-corrected chi connectivity index (χ4v) is 2.66. The number of anilines is 1. The molecule has 0 saturated carbocycles. The van der Waals surface area contributed by atoms with Crippen molar-refractivity contribution in [3.05, 3.63) is 24.3 Å². The zero-order valence-corrected chi connectivity index (χ0v) is 14.4. The van der Waals surface area contributed by atoms with Crippen LogP contribution >= 0.6 is 0 Å². The second-order valence-electron chi connectivity index (χ2n) is 5.79. The van der Waals surface area contributed by atoms with Gasteiger partial charge in [0.15, 0.2) is 0 Å². The van der Waals surface area contributed by atoms with E-state index < -0.39 is 0 Å². The van der Waals surface area contributed by atoms with Crippen LogP contribution in [0.2, 0.25) is 0 Å². The van der Waals surface area contributed by atoms with E-state index >= 15 is 0 Å². The molecule has 2 rings (SSSR count). The van der Waals surface area contributed by atoms with Crippen molar-refractivity contribution >= 4 is 17.5 Å². The lowest BCUT2D eigenvalue weighted by atomic mass is 10.2. The number of benzene rings is 1. The molecule has 0 aromatic heterocycles. The van der Waals surface area contributed by atoms with Crippen molar-refractivity contribution in [1.82, 2.24) is 15.5 Å². The topological polar surface area (TPSA) is 73.9 Å². The van der Waals surface area contributed by atoms with Crippen LogP contribution in [0.25, 0.3) is 0 Å². The maximum atomic E-state index is 11.9. The molecule has 24 heavy (non-hydrogen) atoms. The quantitative estimate of drug-likeness (QED) is 0.691. The monoisotopic (exact) mass is 334 g/mol. The summed E-state index contributed by atoms with van der Waals surface area (Å²) in [5.41, 5.74) is 1.18. The minimum atomic E-state index is -0.0843. The number of ether oxygens (including phenoxy) is 1. The summed E-state index contributed by atoms with van der Waals surface area (Å²) in [5.74, 6) is 0.769. The highest BCUT2D eigenvalue weighted by atomic mass is 16.5. The minimum absolute atomic E-state index is 0.00162. The Morgan fingerprint density at radius 3 is 2.25 bits per heavy atom. The zero-order chi connectivity index (χ0) is 17.4. The number of piperazine rings is 1. The van der Waals surface area contributed by atoms with Gasteiger partial charge in [-0.1, -0.05) is 0 Å². The highest BCUT2D eigenvalue weighted by Crippen LogP contribution is 2.20. The molecule has 1 aromatic carbocycles. The smallest absolute Gasteiger partial charge is 0.234 e. The van der Waals surface area contributed by atoms with Gasteiger partial charge in [-0.05, 0) is 24.3 Å². The molecule has 0 bridgehead atoms. The Labute approximate surface area is 142 Å². The van der Waals surface area contributed by atoms with Crippen molar-refractivity contribution < 1.29 is 14.3 Å². The lowest BCUT2D eigenvalue weighted by Crippen LogP contribution is -2.50. The SMILES string of the molecule is COc1ccc(N2CCN(CC(=O)NCCNC(C)=O)CC2)cc1. The molecule has 2 amide bonds. The van der Waals surface area contributed by atoms with Crippen LogP contribution < -0.4 is 20.3 Å². The number of methoxy groups -OCH3 is 1. The van der Waals surface area contributed by atoms with E-state index in [9.17, 15) is 9.59 Å². The second kappa shape index (κ2) is 9.12. The Kier molecular flexibility index (Phi) is 6.87. The van der Waals surface area contributed by atoms with Crippen LogP contribution in [0, 0.1) is 0 Å². The average molecular weight is 334 g/mol. The summed E-state index contributed by atoms with van der Waals surface area (Å²) in [6, 6.07) is 8.04. The van der Waals surface area contributed by atoms with Crippen LogP contribution in [0.1, 0.15) is 6.92 Å². The van der Waals surface area contributed by atoms with Crippen LogP contribution in [-0.2, 0) is 9.59 Å². The molecule has 7 nitrogen and oxygen atoms in total. The van der Waals surface area contributed by atoms with E-state index in [1.54, 1.807) is 7.11 Å². The van der Waals surface area contributed by atoms with Crippen molar-refractivity contribution in [3.8, 4) is 5.75 Å². The van der Waals surface area contributed by atoms with Crippen molar-refractivity contribution in [2.45, 2.75) is 6.92 Å². The molecule has 2 N–H and O–H groups in total. The van der Waals surface area contributed by atoms with Crippen molar-refractivity contribution in [2.24, 2.45) is 0 Å². The normalized spacial score (nSPS) is 15.0. The van der Waals surface area contributed by atoms with Crippen LogP contribution in [0.15, 0.2) is 24.3 Å². The third kappa shape index (κ3) is 5.73. The number of amides is 2. The lowest BCUT2D eigenvalue weighted by molar-refractivity contribution is -0.123. The molecule has 7 heteroatoms. The summed E-state index contributed by atoms with van der Waals surface area (Å²) < 4.78 is 5.18. The first-order valence-corrected chi connectivity index (χ1v) is 8.21. The predicted molar refractivity (Wildman–Crippen MR) is 93.3 cm³/mol. The summed E-state index contributed by atoms with van der Waals surface area (Å²) in [4.78, 5) is 27.1. The highest BCUT2D eigenvalue weighted by molar-refractivity contribution is 5.78. The van der Waals surface area contributed by atoms with Gasteiger partial charge < -0.3 is 20.3 Å². The predicted octanol–water partition coefficient (Wildman–Crippen LogP) is 0.0695. The highest BCUT2D eigenvalue weighted by Gasteiger charge is 2.19. The Morgan fingerprint density at radius 2 is 1.67 bits per heavy atom. The van der Waals surface area contributed by atoms with Gasteiger partial charge in [-0.25, -0.2) is 0 Å². The fourth-order valence-electron chi connectivity index (χ4n) is 2.66. The minimum Gasteiger partial charge on any atom is -0.497 e. The molecule has 1 aliphatic heterocycles. The molecule has 0 unspecified atom stereocenters. The number of carbonyl (C=O) groups excluding carboxylic acids is 2. The summed E-state index contributed by atoms with van der Waals surface area (Å²) in [5, 5.41) is 5.47. The molecule has 1 saturated heterocycles. The van der Waals surface area contributed by atoms with Gasteiger partial charge in [0, 0.05) is 51.9 Å². The van der Waals surface area contributed by atoms with Crippen molar-refractivity contribution in [2.75, 3.05) is 57.8 Å². The van der Waals surface area contributed by atoms with Crippen molar-refractivity contribution in [1.29, 1.82) is 0 Å². The van der Waals surface area contributed by atoms with Gasteiger partial charge in [0.1, 0.15) is 5.75 Å². The van der Waals surface area contributed by atoms with E-state index in [2.05, 4.69) is 32.6 Å². The van der Waals surface area contributed by atoms with Crippen LogP contribution in [0.4, 0.5) is 5.69 Å². The molecule has 0 aliphatic carbocycles. The largest absolute Gasteiger partial charge is 0.497 e. The molecule has 1 aliphatic rings. The maximum absolute atomic E-state index is 11.9. The first-order chi connectivity index (χ1) is 11.6. The number of nitrogens with one attached hydrogen (secondary N) is 2. The number of rotatable bonds is 7. The Bertz CT molecular complexity index is 539. The Balaban J connectivity index is 1.68. The van der Waals surface area contributed by atoms with Gasteiger partial charge in [0.2, 0.25) is 11.8 Å². The Hall–Kier alpha value is -2.28. The third-order valence-electron chi connectivity index (χ3n) is 4.00. The standard InChI is InChI=1S/C17H26N4O3/c1-14(22)18-7-8-19-17(23)13-20-9-11-21(12-10-20)15-3-5-16(24-2)6-4-15/h3-6H,7-13H2,1-2H3,(H,18,22)(H,19,23). The van der Waals surface area contributed by atoms with Crippen LogP contribution in [0.5, 0.6) is 5.75 Å². The van der Waals surface area contributed by atoms with Gasteiger partial charge in [-0.15, -0.1) is 0 Å². The molecule has 132 valence electrons. The molecule has 1 aromatic rings. The fraction of sp³-hybridized carbons (Fsp3) is 0.529. The first-order valence-electron chi connectivity index (χ1n) is 8.21. The van der Waals surface area contributed by atoms with Crippen LogP contribution in [0.3, 0.4) is 0 Å². The lowest BCUT2D eigenvalue weighted by Gasteiger charge is -2.35. The summed E-state index contributed by atoms with van der Waals surface area (Å²) in [6.07, 6.45) is 0. The van der Waals surface area contributed by atoms with Crippen LogP contribution in [-0.4, -0.2) is 69.6 Å². The first kappa shape index (κ1) is 18.1. The third-order valence-corrected chi connectivity index (χ3v) is 4.00. The summed E-state index contributed by atoms with van der Waals surface area (Å²) in [7, 11) is 1.66.